The number of pyridine rings is 1. The molecule has 0 atom stereocenters. The monoisotopic (exact) mass is 481 g/mol. The maximum Gasteiger partial charge on any atom is 0.330 e. The van der Waals surface area contributed by atoms with Gasteiger partial charge in [0.25, 0.3) is 5.89 Å². The lowest BCUT2D eigenvalue weighted by Gasteiger charge is -2.26. The van der Waals surface area contributed by atoms with Crippen molar-refractivity contribution in [2.45, 2.75) is 51.6 Å². The van der Waals surface area contributed by atoms with E-state index in [1.807, 2.05) is 23.9 Å². The Morgan fingerprint density at radius 2 is 1.97 bits per heavy atom. The van der Waals surface area contributed by atoms with Crippen molar-refractivity contribution in [2.75, 3.05) is 20.3 Å². The van der Waals surface area contributed by atoms with Gasteiger partial charge in [0.15, 0.2) is 5.65 Å². The van der Waals surface area contributed by atoms with Crippen LogP contribution in [0.15, 0.2) is 33.7 Å². The van der Waals surface area contributed by atoms with Crippen LogP contribution in [0, 0.1) is 5.92 Å². The van der Waals surface area contributed by atoms with Crippen molar-refractivity contribution in [2.24, 2.45) is 13.0 Å². The normalized spacial score (nSPS) is 18.4. The Bertz CT molecular complexity index is 1340. The summed E-state index contributed by atoms with van der Waals surface area (Å²) >= 11 is 0. The fourth-order valence-corrected chi connectivity index (χ4v) is 4.75. The van der Waals surface area contributed by atoms with Crippen molar-refractivity contribution in [1.29, 1.82) is 0 Å². The molecule has 0 aliphatic heterocycles. The van der Waals surface area contributed by atoms with Crippen LogP contribution < -0.4 is 10.4 Å². The molecular weight excluding hydrogens is 450 g/mol. The van der Waals surface area contributed by atoms with Gasteiger partial charge in [0.2, 0.25) is 11.8 Å². The number of fused-ring (bicyclic) bond motifs is 1. The predicted octanol–water partition coefficient (Wildman–Crippen LogP) is 3.00. The number of nitrogens with zero attached hydrogens (tertiary/aromatic N) is 7. The van der Waals surface area contributed by atoms with E-state index in [9.17, 15) is 4.79 Å². The van der Waals surface area contributed by atoms with Crippen LogP contribution in [-0.2, 0) is 24.9 Å². The lowest BCUT2D eigenvalue weighted by atomic mass is 9.82. The van der Waals surface area contributed by atoms with Gasteiger partial charge in [-0.05, 0) is 44.6 Å². The summed E-state index contributed by atoms with van der Waals surface area (Å²) in [6, 6.07) is 3.68. The molecule has 4 aromatic rings. The molecule has 0 N–H and O–H groups in total. The molecular formula is C24H31N7O4. The highest BCUT2D eigenvalue weighted by atomic mass is 16.5. The van der Waals surface area contributed by atoms with Gasteiger partial charge in [0, 0.05) is 45.4 Å². The molecule has 11 nitrogen and oxygen atoms in total. The van der Waals surface area contributed by atoms with Crippen molar-refractivity contribution in [1.82, 2.24) is 34.1 Å². The van der Waals surface area contributed by atoms with Gasteiger partial charge in [0.1, 0.15) is 6.61 Å². The fourth-order valence-electron chi connectivity index (χ4n) is 4.75. The number of hydrogen-bond acceptors (Lipinski definition) is 8. The second kappa shape index (κ2) is 10.0. The van der Waals surface area contributed by atoms with Crippen LogP contribution in [0.1, 0.15) is 44.4 Å². The minimum atomic E-state index is -0.0576. The van der Waals surface area contributed by atoms with Crippen molar-refractivity contribution >= 4 is 11.2 Å². The number of aryl methyl sites for hydroxylation is 2. The van der Waals surface area contributed by atoms with Gasteiger partial charge in [-0.2, -0.15) is 10.1 Å². The topological polar surface area (TPSA) is 115 Å². The molecule has 0 aromatic carbocycles. The second-order valence-electron chi connectivity index (χ2n) is 9.03. The second-order valence-corrected chi connectivity index (χ2v) is 9.03. The summed E-state index contributed by atoms with van der Waals surface area (Å²) in [5.74, 6) is 2.30. The van der Waals surface area contributed by atoms with Crippen molar-refractivity contribution in [3.63, 3.8) is 0 Å². The first-order valence-electron chi connectivity index (χ1n) is 12.1. The highest BCUT2D eigenvalue weighted by Crippen LogP contribution is 2.37. The number of ether oxygens (including phenoxy) is 2. The molecule has 1 aliphatic carbocycles. The van der Waals surface area contributed by atoms with Gasteiger partial charge in [0.05, 0.1) is 23.9 Å². The molecule has 1 aliphatic rings. The minimum Gasteiger partial charge on any atom is -0.475 e. The van der Waals surface area contributed by atoms with E-state index in [1.165, 1.54) is 0 Å². The average molecular weight is 482 g/mol. The van der Waals surface area contributed by atoms with Crippen LogP contribution in [0.5, 0.6) is 5.88 Å². The molecule has 0 amide bonds. The van der Waals surface area contributed by atoms with E-state index in [0.717, 1.165) is 43.3 Å². The van der Waals surface area contributed by atoms with Crippen LogP contribution in [-0.4, -0.2) is 54.4 Å². The maximum absolute atomic E-state index is 13.0. The van der Waals surface area contributed by atoms with E-state index in [4.69, 9.17) is 13.9 Å². The van der Waals surface area contributed by atoms with E-state index in [1.54, 1.807) is 35.6 Å². The summed E-state index contributed by atoms with van der Waals surface area (Å²) in [6.45, 7) is 4.35. The van der Waals surface area contributed by atoms with E-state index in [0.29, 0.717) is 49.0 Å². The highest BCUT2D eigenvalue weighted by Gasteiger charge is 2.28. The predicted molar refractivity (Wildman–Crippen MR) is 128 cm³/mol. The third kappa shape index (κ3) is 4.72. The quantitative estimate of drug-likeness (QED) is 0.335. The Balaban J connectivity index is 1.26. The van der Waals surface area contributed by atoms with Gasteiger partial charge in [-0.3, -0.25) is 13.8 Å². The van der Waals surface area contributed by atoms with Gasteiger partial charge < -0.3 is 13.9 Å². The molecule has 11 heteroatoms. The van der Waals surface area contributed by atoms with Crippen LogP contribution in [0.3, 0.4) is 0 Å². The first-order valence-corrected chi connectivity index (χ1v) is 12.1. The smallest absolute Gasteiger partial charge is 0.330 e. The standard InChI is InChI=1S/C24H31N7O4/c1-4-30-15-18(13-25-30)23-28-27-22(35-23)17-7-5-16(6-8-17)14-31-21-19(29(2)24(31)32)9-10-20(26-21)34-12-11-33-3/h9-10,13,15-17H,4-8,11-12,14H2,1-3H3. The third-order valence-corrected chi connectivity index (χ3v) is 6.78. The van der Waals surface area contributed by atoms with Crippen LogP contribution in [0.4, 0.5) is 0 Å². The highest BCUT2D eigenvalue weighted by molar-refractivity contribution is 5.72. The van der Waals surface area contributed by atoms with Gasteiger partial charge >= 0.3 is 5.69 Å². The Hall–Kier alpha value is -3.47. The Morgan fingerprint density at radius 1 is 1.14 bits per heavy atom. The van der Waals surface area contributed by atoms with E-state index < -0.39 is 0 Å². The molecule has 5 rings (SSSR count). The zero-order chi connectivity index (χ0) is 24.4. The third-order valence-electron chi connectivity index (χ3n) is 6.78. The Morgan fingerprint density at radius 3 is 2.71 bits per heavy atom. The molecule has 186 valence electrons. The number of rotatable bonds is 9. The molecule has 35 heavy (non-hydrogen) atoms. The minimum absolute atomic E-state index is 0.0576. The van der Waals surface area contributed by atoms with E-state index >= 15 is 0 Å². The maximum atomic E-state index is 13.0. The lowest BCUT2D eigenvalue weighted by molar-refractivity contribution is 0.144. The van der Waals surface area contributed by atoms with Crippen LogP contribution in [0.2, 0.25) is 0 Å². The summed E-state index contributed by atoms with van der Waals surface area (Å²) in [5, 5.41) is 12.8. The zero-order valence-electron chi connectivity index (χ0n) is 20.4. The molecule has 0 bridgehead atoms. The summed E-state index contributed by atoms with van der Waals surface area (Å²) in [6.07, 6.45) is 7.50. The number of hydrogen-bond donors (Lipinski definition) is 0. The molecule has 4 aromatic heterocycles. The van der Waals surface area contributed by atoms with Gasteiger partial charge in [-0.1, -0.05) is 0 Å². The van der Waals surface area contributed by atoms with Gasteiger partial charge in [-0.25, -0.2) is 4.79 Å². The number of imidazole rings is 1. The van der Waals surface area contributed by atoms with Crippen LogP contribution >= 0.6 is 0 Å². The first-order chi connectivity index (χ1) is 17.1. The van der Waals surface area contributed by atoms with Gasteiger partial charge in [-0.15, -0.1) is 10.2 Å². The van der Waals surface area contributed by atoms with Crippen molar-refractivity contribution < 1.29 is 13.9 Å². The molecule has 0 unspecified atom stereocenters. The molecule has 1 saturated carbocycles. The summed E-state index contributed by atoms with van der Waals surface area (Å²) in [4.78, 5) is 17.6. The largest absolute Gasteiger partial charge is 0.475 e. The lowest BCUT2D eigenvalue weighted by Crippen LogP contribution is -2.27. The number of aromatic nitrogens is 7. The molecule has 0 saturated heterocycles. The van der Waals surface area contributed by atoms with Crippen molar-refractivity contribution in [3.8, 4) is 17.3 Å². The van der Waals surface area contributed by atoms with Crippen molar-refractivity contribution in [3.05, 3.63) is 40.9 Å². The molecule has 4 heterocycles. The van der Waals surface area contributed by atoms with Crippen LogP contribution in [0.25, 0.3) is 22.6 Å². The summed E-state index contributed by atoms with van der Waals surface area (Å²) in [5.41, 5.74) is 2.24. The summed E-state index contributed by atoms with van der Waals surface area (Å²) in [7, 11) is 3.41. The van der Waals surface area contributed by atoms with E-state index in [2.05, 4.69) is 20.3 Å². The molecule has 0 radical (unpaired) electrons. The zero-order valence-corrected chi connectivity index (χ0v) is 20.4. The molecule has 0 spiro atoms. The first kappa shape index (κ1) is 23.3. The summed E-state index contributed by atoms with van der Waals surface area (Å²) < 4.78 is 21.9. The Labute approximate surface area is 202 Å². The van der Waals surface area contributed by atoms with E-state index in [-0.39, 0.29) is 11.6 Å². The Kier molecular flexibility index (Phi) is 6.67. The number of methoxy groups -OCH3 is 1. The average Bonchev–Trinajstić information content (AvgIpc) is 3.61. The SMILES string of the molecule is CCn1cc(-c2nnc(C3CCC(Cn4c(=O)n(C)c5ccc(OCCOC)nc54)CC3)o2)cn1. The molecule has 1 fully saturated rings. The fraction of sp³-hybridized carbons (Fsp3) is 0.542.